The molecule has 16 heavy (non-hydrogen) atoms. The Balaban J connectivity index is 2.11. The Morgan fingerprint density at radius 3 is 3.00 bits per heavy atom. The molecule has 2 atom stereocenters. The first-order valence-corrected chi connectivity index (χ1v) is 5.79. The van der Waals surface area contributed by atoms with Crippen molar-refractivity contribution in [3.63, 3.8) is 0 Å². The van der Waals surface area contributed by atoms with E-state index in [2.05, 4.69) is 28.5 Å². The summed E-state index contributed by atoms with van der Waals surface area (Å²) in [4.78, 5) is 0. The second-order valence-electron chi connectivity index (χ2n) is 4.42. The minimum atomic E-state index is 0.428. The fourth-order valence-corrected chi connectivity index (χ4v) is 2.23. The number of hydrogen-bond acceptors (Lipinski definition) is 4. The number of anilines is 1. The summed E-state index contributed by atoms with van der Waals surface area (Å²) < 4.78 is 0. The average molecular weight is 216 g/mol. The van der Waals surface area contributed by atoms with E-state index in [1.807, 2.05) is 0 Å². The van der Waals surface area contributed by atoms with Gasteiger partial charge in [-0.15, -0.1) is 5.10 Å². The molecule has 1 saturated carbocycles. The van der Waals surface area contributed by atoms with Crippen molar-refractivity contribution < 1.29 is 0 Å². The first-order valence-electron chi connectivity index (χ1n) is 5.79. The SMILES string of the molecule is CC1CCCCC1Nc1nnccc1C#N. The molecule has 4 heteroatoms. The van der Waals surface area contributed by atoms with Crippen LogP contribution in [0.4, 0.5) is 5.82 Å². The molecular formula is C12H16N4. The molecule has 0 saturated heterocycles. The molecule has 1 aliphatic rings. The Morgan fingerprint density at radius 2 is 2.25 bits per heavy atom. The molecule has 0 spiro atoms. The minimum Gasteiger partial charge on any atom is -0.364 e. The van der Waals surface area contributed by atoms with Gasteiger partial charge in [0.05, 0.1) is 11.8 Å². The van der Waals surface area contributed by atoms with Crippen molar-refractivity contribution in [1.82, 2.24) is 10.2 Å². The van der Waals surface area contributed by atoms with Crippen LogP contribution in [0.3, 0.4) is 0 Å². The van der Waals surface area contributed by atoms with Crippen LogP contribution in [0.2, 0.25) is 0 Å². The van der Waals surface area contributed by atoms with Crippen LogP contribution in [-0.2, 0) is 0 Å². The van der Waals surface area contributed by atoms with Crippen LogP contribution < -0.4 is 5.32 Å². The van der Waals surface area contributed by atoms with Gasteiger partial charge in [0.1, 0.15) is 6.07 Å². The van der Waals surface area contributed by atoms with Gasteiger partial charge in [0, 0.05) is 6.04 Å². The van der Waals surface area contributed by atoms with Gasteiger partial charge < -0.3 is 5.32 Å². The number of nitriles is 1. The maximum absolute atomic E-state index is 8.96. The van der Waals surface area contributed by atoms with Crippen LogP contribution >= 0.6 is 0 Å². The van der Waals surface area contributed by atoms with Gasteiger partial charge >= 0.3 is 0 Å². The van der Waals surface area contributed by atoms with Gasteiger partial charge in [0.15, 0.2) is 5.82 Å². The summed E-state index contributed by atoms with van der Waals surface area (Å²) in [7, 11) is 0. The quantitative estimate of drug-likeness (QED) is 0.824. The van der Waals surface area contributed by atoms with Crippen LogP contribution in [0.5, 0.6) is 0 Å². The molecule has 1 N–H and O–H groups in total. The number of nitrogens with zero attached hydrogens (tertiary/aromatic N) is 3. The van der Waals surface area contributed by atoms with Crippen LogP contribution in [0.25, 0.3) is 0 Å². The maximum Gasteiger partial charge on any atom is 0.166 e. The van der Waals surface area contributed by atoms with E-state index in [1.54, 1.807) is 12.3 Å². The third kappa shape index (κ3) is 2.30. The lowest BCUT2D eigenvalue weighted by molar-refractivity contribution is 0.348. The Kier molecular flexibility index (Phi) is 3.35. The molecule has 0 aliphatic heterocycles. The predicted octanol–water partition coefficient (Wildman–Crippen LogP) is 2.34. The lowest BCUT2D eigenvalue weighted by Gasteiger charge is -2.29. The first kappa shape index (κ1) is 10.9. The number of hydrogen-bond donors (Lipinski definition) is 1. The van der Waals surface area contributed by atoms with Crippen LogP contribution in [0, 0.1) is 17.2 Å². The lowest BCUT2D eigenvalue weighted by atomic mass is 9.86. The summed E-state index contributed by atoms with van der Waals surface area (Å²) in [5.74, 6) is 1.27. The Morgan fingerprint density at radius 1 is 1.44 bits per heavy atom. The second-order valence-corrected chi connectivity index (χ2v) is 4.42. The molecule has 2 unspecified atom stereocenters. The highest BCUT2D eigenvalue weighted by atomic mass is 15.2. The molecule has 84 valence electrons. The number of aromatic nitrogens is 2. The monoisotopic (exact) mass is 216 g/mol. The largest absolute Gasteiger partial charge is 0.364 e. The molecule has 0 bridgehead atoms. The molecule has 0 radical (unpaired) electrons. The third-order valence-corrected chi connectivity index (χ3v) is 3.27. The van der Waals surface area contributed by atoms with Crippen LogP contribution in [0.15, 0.2) is 12.3 Å². The number of rotatable bonds is 2. The minimum absolute atomic E-state index is 0.428. The van der Waals surface area contributed by atoms with Crippen molar-refractivity contribution in [3.8, 4) is 6.07 Å². The average Bonchev–Trinajstić information content (AvgIpc) is 2.33. The molecule has 1 aromatic rings. The van der Waals surface area contributed by atoms with Gasteiger partial charge in [-0.1, -0.05) is 19.8 Å². The normalized spacial score (nSPS) is 24.8. The summed E-state index contributed by atoms with van der Waals surface area (Å²) in [6, 6.07) is 4.26. The molecule has 4 nitrogen and oxygen atoms in total. The zero-order valence-electron chi connectivity index (χ0n) is 9.48. The Hall–Kier alpha value is -1.63. The molecule has 0 amide bonds. The van der Waals surface area contributed by atoms with E-state index >= 15 is 0 Å². The van der Waals surface area contributed by atoms with Gasteiger partial charge in [0.2, 0.25) is 0 Å². The van der Waals surface area contributed by atoms with E-state index in [0.717, 1.165) is 6.42 Å². The predicted molar refractivity (Wildman–Crippen MR) is 61.8 cm³/mol. The van der Waals surface area contributed by atoms with Crippen LogP contribution in [0.1, 0.15) is 38.2 Å². The molecule has 1 aliphatic carbocycles. The summed E-state index contributed by atoms with van der Waals surface area (Å²) in [5, 5.41) is 20.1. The smallest absolute Gasteiger partial charge is 0.166 e. The van der Waals surface area contributed by atoms with Gasteiger partial charge in [-0.3, -0.25) is 0 Å². The first-order chi connectivity index (χ1) is 7.81. The van der Waals surface area contributed by atoms with Crippen molar-refractivity contribution in [3.05, 3.63) is 17.8 Å². The highest BCUT2D eigenvalue weighted by Gasteiger charge is 2.22. The van der Waals surface area contributed by atoms with Crippen molar-refractivity contribution in [2.24, 2.45) is 5.92 Å². The van der Waals surface area contributed by atoms with Crippen molar-refractivity contribution in [2.75, 3.05) is 5.32 Å². The molecule has 2 rings (SSSR count). The molecular weight excluding hydrogens is 200 g/mol. The van der Waals surface area contributed by atoms with Gasteiger partial charge in [-0.05, 0) is 24.8 Å². The standard InChI is InChI=1S/C12H16N4/c1-9-4-2-3-5-11(9)15-12-10(8-13)6-7-14-16-12/h6-7,9,11H,2-5H2,1H3,(H,15,16). The second kappa shape index (κ2) is 4.93. The van der Waals surface area contributed by atoms with E-state index in [1.165, 1.54) is 19.3 Å². The van der Waals surface area contributed by atoms with E-state index in [-0.39, 0.29) is 0 Å². The Bertz CT molecular complexity index is 396. The van der Waals surface area contributed by atoms with E-state index in [0.29, 0.717) is 23.3 Å². The van der Waals surface area contributed by atoms with Crippen molar-refractivity contribution >= 4 is 5.82 Å². The topological polar surface area (TPSA) is 61.6 Å². The van der Waals surface area contributed by atoms with Gasteiger partial charge in [-0.25, -0.2) is 0 Å². The molecule has 1 heterocycles. The highest BCUT2D eigenvalue weighted by Crippen LogP contribution is 2.26. The fraction of sp³-hybridized carbons (Fsp3) is 0.583. The molecule has 1 aromatic heterocycles. The fourth-order valence-electron chi connectivity index (χ4n) is 2.23. The zero-order chi connectivity index (χ0) is 11.4. The lowest BCUT2D eigenvalue weighted by Crippen LogP contribution is -2.31. The van der Waals surface area contributed by atoms with Crippen LogP contribution in [-0.4, -0.2) is 16.2 Å². The van der Waals surface area contributed by atoms with Crippen molar-refractivity contribution in [1.29, 1.82) is 5.26 Å². The van der Waals surface area contributed by atoms with E-state index in [4.69, 9.17) is 5.26 Å². The number of nitrogens with one attached hydrogen (secondary N) is 1. The zero-order valence-corrected chi connectivity index (χ0v) is 9.48. The maximum atomic E-state index is 8.96. The molecule has 0 aromatic carbocycles. The molecule has 1 fully saturated rings. The van der Waals surface area contributed by atoms with Crippen molar-refractivity contribution in [2.45, 2.75) is 38.6 Å². The summed E-state index contributed by atoms with van der Waals surface area (Å²) in [5.41, 5.74) is 0.577. The highest BCUT2D eigenvalue weighted by molar-refractivity contribution is 5.50. The van der Waals surface area contributed by atoms with E-state index < -0.39 is 0 Å². The Labute approximate surface area is 95.7 Å². The summed E-state index contributed by atoms with van der Waals surface area (Å²) in [6.45, 7) is 2.25. The van der Waals surface area contributed by atoms with E-state index in [9.17, 15) is 0 Å². The van der Waals surface area contributed by atoms with Gasteiger partial charge in [0.25, 0.3) is 0 Å². The van der Waals surface area contributed by atoms with Gasteiger partial charge in [-0.2, -0.15) is 10.4 Å². The third-order valence-electron chi connectivity index (χ3n) is 3.27. The summed E-state index contributed by atoms with van der Waals surface area (Å²) >= 11 is 0. The summed E-state index contributed by atoms with van der Waals surface area (Å²) in [6.07, 6.45) is 6.52.